The Hall–Kier alpha value is -1.44. The topological polar surface area (TPSA) is 52.0 Å². The van der Waals surface area contributed by atoms with Gasteiger partial charge in [-0.2, -0.15) is 0 Å². The van der Waals surface area contributed by atoms with Gasteiger partial charge in [0.1, 0.15) is 0 Å². The van der Waals surface area contributed by atoms with Gasteiger partial charge in [0.05, 0.1) is 0 Å². The van der Waals surface area contributed by atoms with Gasteiger partial charge in [-0.15, -0.1) is 0 Å². The number of hydrogen-bond acceptors (Lipinski definition) is 2. The van der Waals surface area contributed by atoms with Crippen LogP contribution in [0.1, 0.15) is 89.0 Å². The molecule has 0 saturated heterocycles. The molecular weight excluding hydrogens is 328 g/mol. The fraction of sp³-hybridized carbons (Fsp3) is 0.680. The zero-order valence-corrected chi connectivity index (χ0v) is 17.2. The van der Waals surface area contributed by atoms with Gasteiger partial charge in [0.15, 0.2) is 0 Å². The van der Waals surface area contributed by atoms with Crippen LogP contribution in [-0.4, -0.2) is 0 Å². The molecule has 0 bridgehead atoms. The molecule has 2 fully saturated rings. The minimum absolute atomic E-state index is 0.841. The molecule has 2 nitrogen and oxygen atoms in total. The summed E-state index contributed by atoms with van der Waals surface area (Å²) >= 11 is 0. The average Bonchev–Trinajstić information content (AvgIpc) is 2.70. The van der Waals surface area contributed by atoms with E-state index in [1.54, 1.807) is 0 Å². The Morgan fingerprint density at radius 2 is 1.37 bits per heavy atom. The molecule has 0 amide bonds. The van der Waals surface area contributed by atoms with Crippen LogP contribution < -0.4 is 11.5 Å². The summed E-state index contributed by atoms with van der Waals surface area (Å²) in [5, 5.41) is 0. The van der Waals surface area contributed by atoms with Gasteiger partial charge < -0.3 is 11.5 Å². The molecule has 2 aliphatic rings. The summed E-state index contributed by atoms with van der Waals surface area (Å²) in [6.45, 7) is 0. The summed E-state index contributed by atoms with van der Waals surface area (Å²) < 4.78 is 0. The Morgan fingerprint density at radius 3 is 1.93 bits per heavy atom. The Labute approximate surface area is 166 Å². The van der Waals surface area contributed by atoms with Crippen LogP contribution in [0.15, 0.2) is 30.4 Å². The number of hydrogen-bond donors (Lipinski definition) is 2. The van der Waals surface area contributed by atoms with Gasteiger partial charge in [-0.3, -0.25) is 0 Å². The number of anilines is 2. The molecule has 0 atom stereocenters. The summed E-state index contributed by atoms with van der Waals surface area (Å²) in [7, 11) is 0. The fourth-order valence-electron chi connectivity index (χ4n) is 5.57. The van der Waals surface area contributed by atoms with Crippen molar-refractivity contribution in [2.24, 2.45) is 17.8 Å². The monoisotopic (exact) mass is 368 g/mol. The number of nitrogen functional groups attached to an aromatic ring is 2. The Kier molecular flexibility index (Phi) is 8.10. The quantitative estimate of drug-likeness (QED) is 0.298. The van der Waals surface area contributed by atoms with E-state index in [4.69, 9.17) is 11.5 Å². The van der Waals surface area contributed by atoms with Crippen molar-refractivity contribution in [2.45, 2.75) is 89.9 Å². The van der Waals surface area contributed by atoms with Gasteiger partial charge >= 0.3 is 0 Å². The van der Waals surface area contributed by atoms with Gasteiger partial charge in [-0.05, 0) is 61.1 Å². The van der Waals surface area contributed by atoms with E-state index in [2.05, 4.69) is 12.2 Å². The second kappa shape index (κ2) is 10.8. The first kappa shape index (κ1) is 20.3. The van der Waals surface area contributed by atoms with Gasteiger partial charge in [0.2, 0.25) is 0 Å². The highest BCUT2D eigenvalue weighted by atomic mass is 14.6. The molecule has 0 aromatic heterocycles. The molecule has 4 N–H and O–H groups in total. The molecule has 27 heavy (non-hydrogen) atoms. The van der Waals surface area contributed by atoms with Crippen molar-refractivity contribution < 1.29 is 0 Å². The van der Waals surface area contributed by atoms with E-state index in [1.807, 2.05) is 18.2 Å². The maximum Gasteiger partial charge on any atom is 0.0367 e. The molecule has 3 rings (SSSR count). The van der Waals surface area contributed by atoms with Crippen molar-refractivity contribution >= 4 is 11.4 Å². The fourth-order valence-corrected chi connectivity index (χ4v) is 5.57. The van der Waals surface area contributed by atoms with Gasteiger partial charge in [0, 0.05) is 11.4 Å². The molecular formula is C25H40N2. The predicted molar refractivity (Wildman–Crippen MR) is 119 cm³/mol. The van der Waals surface area contributed by atoms with Gasteiger partial charge in [-0.25, -0.2) is 0 Å². The first-order valence-corrected chi connectivity index (χ1v) is 11.5. The average molecular weight is 369 g/mol. The highest BCUT2D eigenvalue weighted by Gasteiger charge is 2.30. The lowest BCUT2D eigenvalue weighted by atomic mass is 9.68. The highest BCUT2D eigenvalue weighted by Crippen LogP contribution is 2.41. The maximum absolute atomic E-state index is 6.07. The first-order valence-electron chi connectivity index (χ1n) is 11.5. The van der Waals surface area contributed by atoms with Crippen molar-refractivity contribution in [3.05, 3.63) is 35.9 Å². The Bertz CT molecular complexity index is 542. The van der Waals surface area contributed by atoms with Crippen molar-refractivity contribution in [3.8, 4) is 0 Å². The molecule has 150 valence electrons. The normalized spacial score (nSPS) is 19.9. The van der Waals surface area contributed by atoms with Crippen LogP contribution in [0.3, 0.4) is 0 Å². The standard InChI is InChI=1S/C25H40N2/c26-24-18-11-19-25(27)23(24)17-10-2-1-9-16-22(20-12-5-3-6-13-20)21-14-7-4-8-15-21/h1,9,11,18-22H,2-8,10,12-17,26-27H2. The van der Waals surface area contributed by atoms with Crippen LogP contribution in [0.25, 0.3) is 0 Å². The lowest BCUT2D eigenvalue weighted by molar-refractivity contribution is 0.145. The molecule has 1 aromatic carbocycles. The zero-order valence-electron chi connectivity index (χ0n) is 17.2. The molecule has 0 unspecified atom stereocenters. The summed E-state index contributed by atoms with van der Waals surface area (Å²) in [5.74, 6) is 2.94. The molecule has 0 spiro atoms. The first-order chi connectivity index (χ1) is 13.3. The van der Waals surface area contributed by atoms with E-state index in [-0.39, 0.29) is 0 Å². The Morgan fingerprint density at radius 1 is 0.815 bits per heavy atom. The summed E-state index contributed by atoms with van der Waals surface area (Å²) in [6.07, 6.45) is 24.3. The lowest BCUT2D eigenvalue weighted by Crippen LogP contribution is -2.26. The van der Waals surface area contributed by atoms with Crippen LogP contribution in [0.5, 0.6) is 0 Å². The van der Waals surface area contributed by atoms with Crippen LogP contribution in [0, 0.1) is 17.8 Å². The van der Waals surface area contributed by atoms with E-state index in [1.165, 1.54) is 70.6 Å². The van der Waals surface area contributed by atoms with E-state index < -0.39 is 0 Å². The van der Waals surface area contributed by atoms with Gasteiger partial charge in [0.25, 0.3) is 0 Å². The van der Waals surface area contributed by atoms with Gasteiger partial charge in [-0.1, -0.05) is 82.4 Å². The molecule has 2 aliphatic carbocycles. The highest BCUT2D eigenvalue weighted by molar-refractivity contribution is 5.61. The van der Waals surface area contributed by atoms with Crippen molar-refractivity contribution in [3.63, 3.8) is 0 Å². The van der Waals surface area contributed by atoms with Crippen LogP contribution in [0.4, 0.5) is 11.4 Å². The molecule has 2 saturated carbocycles. The second-order valence-corrected chi connectivity index (χ2v) is 8.97. The summed E-state index contributed by atoms with van der Waals surface area (Å²) in [6, 6.07) is 5.85. The van der Waals surface area contributed by atoms with E-state index in [0.29, 0.717) is 0 Å². The summed E-state index contributed by atoms with van der Waals surface area (Å²) in [4.78, 5) is 0. The predicted octanol–water partition coefficient (Wildman–Crippen LogP) is 6.90. The third-order valence-electron chi connectivity index (χ3n) is 7.13. The summed E-state index contributed by atoms with van der Waals surface area (Å²) in [5.41, 5.74) is 15.0. The van der Waals surface area contributed by atoms with Crippen molar-refractivity contribution in [1.82, 2.24) is 0 Å². The number of benzene rings is 1. The van der Waals surface area contributed by atoms with Crippen molar-refractivity contribution in [1.29, 1.82) is 0 Å². The van der Waals surface area contributed by atoms with Crippen LogP contribution in [-0.2, 0) is 6.42 Å². The number of allylic oxidation sites excluding steroid dienone is 2. The Balaban J connectivity index is 1.47. The molecule has 0 heterocycles. The molecule has 0 radical (unpaired) electrons. The van der Waals surface area contributed by atoms with Crippen LogP contribution >= 0.6 is 0 Å². The number of rotatable bonds is 8. The van der Waals surface area contributed by atoms with E-state index in [0.717, 1.165) is 54.0 Å². The van der Waals surface area contributed by atoms with Crippen LogP contribution in [0.2, 0.25) is 0 Å². The molecule has 2 heteroatoms. The minimum atomic E-state index is 0.841. The number of nitrogens with two attached hydrogens (primary N) is 2. The zero-order chi connectivity index (χ0) is 18.9. The third kappa shape index (κ3) is 6.02. The number of unbranched alkanes of at least 4 members (excludes halogenated alkanes) is 1. The van der Waals surface area contributed by atoms with E-state index in [9.17, 15) is 0 Å². The maximum atomic E-state index is 6.07. The largest absolute Gasteiger partial charge is 0.398 e. The second-order valence-electron chi connectivity index (χ2n) is 8.97. The lowest BCUT2D eigenvalue weighted by Gasteiger charge is -2.37. The van der Waals surface area contributed by atoms with E-state index >= 15 is 0 Å². The smallest absolute Gasteiger partial charge is 0.0367 e. The van der Waals surface area contributed by atoms with Crippen molar-refractivity contribution in [2.75, 3.05) is 11.5 Å². The SMILES string of the molecule is Nc1cccc(N)c1CCCC=CCC(C1CCCCC1)C1CCCCC1. The molecule has 1 aromatic rings. The minimum Gasteiger partial charge on any atom is -0.398 e. The third-order valence-corrected chi connectivity index (χ3v) is 7.13. The molecule has 0 aliphatic heterocycles.